The van der Waals surface area contributed by atoms with Crippen LogP contribution in [-0.4, -0.2) is 50.9 Å². The molecule has 0 radical (unpaired) electrons. The van der Waals surface area contributed by atoms with Crippen molar-refractivity contribution in [2.75, 3.05) is 24.5 Å². The van der Waals surface area contributed by atoms with Gasteiger partial charge in [0, 0.05) is 56.9 Å². The summed E-state index contributed by atoms with van der Waals surface area (Å²) < 4.78 is 1.99. The molecular formula is C15H19N5O. The minimum Gasteiger partial charge on any atom is -0.351 e. The van der Waals surface area contributed by atoms with Gasteiger partial charge in [-0.3, -0.25) is 4.79 Å². The monoisotopic (exact) mass is 285 g/mol. The largest absolute Gasteiger partial charge is 0.351 e. The summed E-state index contributed by atoms with van der Waals surface area (Å²) >= 11 is 0. The van der Waals surface area contributed by atoms with Crippen molar-refractivity contribution in [3.63, 3.8) is 0 Å². The zero-order chi connectivity index (χ0) is 14.2. The van der Waals surface area contributed by atoms with E-state index in [0.29, 0.717) is 18.4 Å². The minimum atomic E-state index is 0.314. The van der Waals surface area contributed by atoms with Crippen molar-refractivity contribution in [1.29, 1.82) is 0 Å². The average molecular weight is 285 g/mol. The number of hydrogen-bond donors (Lipinski definition) is 0. The van der Waals surface area contributed by atoms with Gasteiger partial charge in [-0.1, -0.05) is 0 Å². The molecule has 0 bridgehead atoms. The topological polar surface area (TPSA) is 53.7 Å². The van der Waals surface area contributed by atoms with E-state index in [-0.39, 0.29) is 0 Å². The van der Waals surface area contributed by atoms with Gasteiger partial charge in [-0.2, -0.15) is 0 Å². The van der Waals surface area contributed by atoms with Gasteiger partial charge < -0.3 is 14.2 Å². The number of amides is 1. The van der Waals surface area contributed by atoms with Crippen LogP contribution in [0.5, 0.6) is 0 Å². The van der Waals surface area contributed by atoms with Gasteiger partial charge in [0.05, 0.1) is 0 Å². The first kappa shape index (κ1) is 12.6. The maximum absolute atomic E-state index is 12.0. The Morgan fingerprint density at radius 2 is 1.95 bits per heavy atom. The number of carbonyl (C=O) groups excluding carboxylic acids is 1. The van der Waals surface area contributed by atoms with Gasteiger partial charge in [-0.15, -0.1) is 0 Å². The van der Waals surface area contributed by atoms with E-state index in [1.807, 2.05) is 23.0 Å². The molecule has 0 N–H and O–H groups in total. The molecule has 21 heavy (non-hydrogen) atoms. The fourth-order valence-electron chi connectivity index (χ4n) is 3.52. The van der Waals surface area contributed by atoms with E-state index in [2.05, 4.69) is 19.8 Å². The van der Waals surface area contributed by atoms with E-state index in [1.165, 1.54) is 0 Å². The van der Waals surface area contributed by atoms with Crippen molar-refractivity contribution in [3.8, 4) is 0 Å². The molecule has 2 aliphatic heterocycles. The fraction of sp³-hybridized carbons (Fsp3) is 0.533. The van der Waals surface area contributed by atoms with Crippen molar-refractivity contribution in [1.82, 2.24) is 19.3 Å². The SMILES string of the molecule is O=C1CCCN1C1CCCN(c2nccn3ccnc23)C1. The molecule has 4 heterocycles. The summed E-state index contributed by atoms with van der Waals surface area (Å²) in [7, 11) is 0. The highest BCUT2D eigenvalue weighted by Gasteiger charge is 2.32. The predicted octanol–water partition coefficient (Wildman–Crippen LogP) is 1.32. The number of anilines is 1. The number of fused-ring (bicyclic) bond motifs is 1. The molecule has 4 rings (SSSR count). The fourth-order valence-corrected chi connectivity index (χ4v) is 3.52. The van der Waals surface area contributed by atoms with E-state index < -0.39 is 0 Å². The van der Waals surface area contributed by atoms with Crippen LogP contribution in [0.4, 0.5) is 5.82 Å². The Bertz CT molecular complexity index is 667. The smallest absolute Gasteiger partial charge is 0.222 e. The number of rotatable bonds is 2. The number of aromatic nitrogens is 3. The third-order valence-corrected chi connectivity index (χ3v) is 4.54. The molecule has 1 amide bonds. The van der Waals surface area contributed by atoms with Crippen LogP contribution in [0.1, 0.15) is 25.7 Å². The van der Waals surface area contributed by atoms with Crippen LogP contribution in [-0.2, 0) is 4.79 Å². The van der Waals surface area contributed by atoms with Crippen molar-refractivity contribution in [2.24, 2.45) is 0 Å². The van der Waals surface area contributed by atoms with E-state index in [1.54, 1.807) is 6.20 Å². The lowest BCUT2D eigenvalue weighted by molar-refractivity contribution is -0.129. The molecule has 2 saturated heterocycles. The molecule has 0 aromatic carbocycles. The number of hydrogen-bond acceptors (Lipinski definition) is 4. The average Bonchev–Trinajstić information content (AvgIpc) is 3.15. The van der Waals surface area contributed by atoms with Crippen molar-refractivity contribution in [2.45, 2.75) is 31.7 Å². The first-order chi connectivity index (χ1) is 10.3. The number of likely N-dealkylation sites (tertiary alicyclic amines) is 1. The van der Waals surface area contributed by atoms with E-state index >= 15 is 0 Å². The van der Waals surface area contributed by atoms with E-state index in [9.17, 15) is 4.79 Å². The lowest BCUT2D eigenvalue weighted by atomic mass is 10.0. The molecule has 1 unspecified atom stereocenters. The zero-order valence-corrected chi connectivity index (χ0v) is 12.0. The lowest BCUT2D eigenvalue weighted by Gasteiger charge is -2.38. The third kappa shape index (κ3) is 2.14. The van der Waals surface area contributed by atoms with Crippen LogP contribution in [0, 0.1) is 0 Å². The number of carbonyl (C=O) groups is 1. The van der Waals surface area contributed by atoms with Gasteiger partial charge in [0.2, 0.25) is 5.91 Å². The van der Waals surface area contributed by atoms with Gasteiger partial charge in [-0.25, -0.2) is 9.97 Å². The summed E-state index contributed by atoms with van der Waals surface area (Å²) in [5.41, 5.74) is 0.894. The van der Waals surface area contributed by atoms with Crippen LogP contribution in [0.3, 0.4) is 0 Å². The molecule has 2 aliphatic rings. The summed E-state index contributed by atoms with van der Waals surface area (Å²) in [6.45, 7) is 2.77. The van der Waals surface area contributed by atoms with Gasteiger partial charge in [0.15, 0.2) is 11.5 Å². The van der Waals surface area contributed by atoms with Crippen molar-refractivity contribution < 1.29 is 4.79 Å². The van der Waals surface area contributed by atoms with Gasteiger partial charge in [0.25, 0.3) is 0 Å². The summed E-state index contributed by atoms with van der Waals surface area (Å²) in [4.78, 5) is 25.2. The lowest BCUT2D eigenvalue weighted by Crippen LogP contribution is -2.48. The van der Waals surface area contributed by atoms with Gasteiger partial charge in [0.1, 0.15) is 0 Å². The predicted molar refractivity (Wildman–Crippen MR) is 79.2 cm³/mol. The molecule has 6 heteroatoms. The molecule has 0 saturated carbocycles. The molecule has 0 spiro atoms. The maximum atomic E-state index is 12.0. The van der Waals surface area contributed by atoms with Crippen LogP contribution in [0.2, 0.25) is 0 Å². The number of imidazole rings is 1. The van der Waals surface area contributed by atoms with Crippen molar-refractivity contribution >= 4 is 17.4 Å². The summed E-state index contributed by atoms with van der Waals surface area (Å²) in [5.74, 6) is 1.24. The van der Waals surface area contributed by atoms with Crippen LogP contribution in [0.15, 0.2) is 24.8 Å². The molecule has 1 atom stereocenters. The Balaban J connectivity index is 1.60. The quantitative estimate of drug-likeness (QED) is 0.835. The minimum absolute atomic E-state index is 0.314. The Morgan fingerprint density at radius 3 is 2.76 bits per heavy atom. The Hall–Kier alpha value is -2.11. The van der Waals surface area contributed by atoms with E-state index in [0.717, 1.165) is 50.4 Å². The van der Waals surface area contributed by atoms with Gasteiger partial charge in [-0.05, 0) is 19.3 Å². The summed E-state index contributed by atoms with van der Waals surface area (Å²) in [6.07, 6.45) is 11.4. The zero-order valence-electron chi connectivity index (χ0n) is 12.0. The Kier molecular flexibility index (Phi) is 3.02. The Morgan fingerprint density at radius 1 is 1.10 bits per heavy atom. The number of piperidine rings is 1. The van der Waals surface area contributed by atoms with Gasteiger partial charge >= 0.3 is 0 Å². The molecule has 2 aromatic heterocycles. The second kappa shape index (κ2) is 5.02. The highest BCUT2D eigenvalue weighted by atomic mass is 16.2. The first-order valence-electron chi connectivity index (χ1n) is 7.65. The number of nitrogens with zero attached hydrogens (tertiary/aromatic N) is 5. The standard InChI is InChI=1S/C15H19N5O/c21-13-4-2-8-20(13)12-3-1-7-19(11-12)15-14-16-5-9-18(14)10-6-17-15/h5-6,9-10,12H,1-4,7-8,11H2. The van der Waals surface area contributed by atoms with Crippen LogP contribution >= 0.6 is 0 Å². The molecule has 2 aromatic rings. The second-order valence-electron chi connectivity index (χ2n) is 5.84. The highest BCUT2D eigenvalue weighted by molar-refractivity contribution is 5.78. The summed E-state index contributed by atoms with van der Waals surface area (Å²) in [5, 5.41) is 0. The molecule has 110 valence electrons. The summed E-state index contributed by atoms with van der Waals surface area (Å²) in [6, 6.07) is 0.325. The molecular weight excluding hydrogens is 266 g/mol. The molecule has 6 nitrogen and oxygen atoms in total. The van der Waals surface area contributed by atoms with Crippen LogP contribution < -0.4 is 4.90 Å². The van der Waals surface area contributed by atoms with Crippen LogP contribution in [0.25, 0.3) is 5.65 Å². The third-order valence-electron chi connectivity index (χ3n) is 4.54. The first-order valence-corrected chi connectivity index (χ1v) is 7.65. The molecule has 0 aliphatic carbocycles. The molecule has 2 fully saturated rings. The normalized spacial score (nSPS) is 23.2. The Labute approximate surface area is 123 Å². The van der Waals surface area contributed by atoms with E-state index in [4.69, 9.17) is 0 Å². The highest BCUT2D eigenvalue weighted by Crippen LogP contribution is 2.26. The maximum Gasteiger partial charge on any atom is 0.222 e. The van der Waals surface area contributed by atoms with Crippen molar-refractivity contribution in [3.05, 3.63) is 24.8 Å². The second-order valence-corrected chi connectivity index (χ2v) is 5.84.